The lowest BCUT2D eigenvalue weighted by Crippen LogP contribution is -2.35. The van der Waals surface area contributed by atoms with Gasteiger partial charge in [0.05, 0.1) is 11.4 Å². The number of piperidine rings is 1. The van der Waals surface area contributed by atoms with Gasteiger partial charge in [-0.05, 0) is 38.1 Å². The molecule has 0 radical (unpaired) electrons. The number of benzene rings is 1. The molecule has 0 aromatic heterocycles. The van der Waals surface area contributed by atoms with Gasteiger partial charge in [0.1, 0.15) is 0 Å². The van der Waals surface area contributed by atoms with Crippen LogP contribution in [0.25, 0.3) is 5.57 Å². The zero-order valence-corrected chi connectivity index (χ0v) is 9.33. The Labute approximate surface area is 89.9 Å². The van der Waals surface area contributed by atoms with Crippen LogP contribution in [0.5, 0.6) is 0 Å². The molecule has 2 nitrogen and oxygen atoms in total. The smallest absolute Gasteiger partial charge is 0.0750 e. The maximum atomic E-state index is 4.79. The second-order valence-corrected chi connectivity index (χ2v) is 4.72. The van der Waals surface area contributed by atoms with Gasteiger partial charge < -0.3 is 4.90 Å². The monoisotopic (exact) mass is 200 g/mol. The summed E-state index contributed by atoms with van der Waals surface area (Å²) < 4.78 is 0. The third-order valence-electron chi connectivity index (χ3n) is 3.42. The summed E-state index contributed by atoms with van der Waals surface area (Å²) in [5.74, 6) is 0. The van der Waals surface area contributed by atoms with Crippen LogP contribution in [-0.2, 0) is 0 Å². The minimum Gasteiger partial charge on any atom is -0.302 e. The Morgan fingerprint density at radius 1 is 1.40 bits per heavy atom. The van der Waals surface area contributed by atoms with E-state index in [4.69, 9.17) is 4.99 Å². The largest absolute Gasteiger partial charge is 0.302 e. The van der Waals surface area contributed by atoms with Crippen molar-refractivity contribution < 1.29 is 0 Å². The predicted molar refractivity (Wildman–Crippen MR) is 61.3 cm³/mol. The van der Waals surface area contributed by atoms with Crippen molar-refractivity contribution in [2.45, 2.75) is 19.4 Å². The molecule has 0 aliphatic carbocycles. The average molecular weight is 200 g/mol. The number of hydrogen-bond donors (Lipinski definition) is 0. The first kappa shape index (κ1) is 9.10. The van der Waals surface area contributed by atoms with E-state index < -0.39 is 0 Å². The Morgan fingerprint density at radius 2 is 2.27 bits per heavy atom. The van der Waals surface area contributed by atoms with E-state index >= 15 is 0 Å². The molecular weight excluding hydrogens is 184 g/mol. The van der Waals surface area contributed by atoms with Crippen molar-refractivity contribution in [2.24, 2.45) is 4.99 Å². The lowest BCUT2D eigenvalue weighted by molar-refractivity contribution is 0.332. The Kier molecular flexibility index (Phi) is 1.93. The fourth-order valence-electron chi connectivity index (χ4n) is 2.59. The van der Waals surface area contributed by atoms with Crippen molar-refractivity contribution in [2.75, 3.05) is 20.1 Å². The first-order valence-electron chi connectivity index (χ1n) is 5.60. The van der Waals surface area contributed by atoms with E-state index in [0.717, 1.165) is 6.54 Å². The zero-order valence-electron chi connectivity index (χ0n) is 9.33. The van der Waals surface area contributed by atoms with Crippen molar-refractivity contribution in [3.8, 4) is 0 Å². The second kappa shape index (κ2) is 3.17. The number of rotatable bonds is 0. The second-order valence-electron chi connectivity index (χ2n) is 4.72. The van der Waals surface area contributed by atoms with Crippen LogP contribution in [0.3, 0.4) is 0 Å². The number of aryl methyl sites for hydroxylation is 1. The Balaban J connectivity index is 2.23. The van der Waals surface area contributed by atoms with Gasteiger partial charge in [-0.2, -0.15) is 0 Å². The molecule has 2 aliphatic heterocycles. The third kappa shape index (κ3) is 1.40. The Hall–Kier alpha value is -1.15. The van der Waals surface area contributed by atoms with E-state index in [9.17, 15) is 0 Å². The van der Waals surface area contributed by atoms with Gasteiger partial charge in [0, 0.05) is 18.3 Å². The molecule has 15 heavy (non-hydrogen) atoms. The summed E-state index contributed by atoms with van der Waals surface area (Å²) in [5.41, 5.74) is 2.87. The highest BCUT2D eigenvalue weighted by molar-refractivity contribution is 5.56. The van der Waals surface area contributed by atoms with Crippen LogP contribution in [0.2, 0.25) is 0 Å². The van der Waals surface area contributed by atoms with Crippen molar-refractivity contribution in [3.05, 3.63) is 34.3 Å². The summed E-state index contributed by atoms with van der Waals surface area (Å²) in [6.07, 6.45) is 1.18. The SMILES string of the molecule is Cc1ccc2c(c1)=C1CN(C)CCC1N=2. The first-order chi connectivity index (χ1) is 7.24. The molecule has 1 atom stereocenters. The summed E-state index contributed by atoms with van der Waals surface area (Å²) in [7, 11) is 2.19. The molecule has 3 rings (SSSR count). The molecule has 1 unspecified atom stereocenters. The van der Waals surface area contributed by atoms with E-state index in [1.54, 1.807) is 0 Å². The molecular formula is C13H16N2. The van der Waals surface area contributed by atoms with Gasteiger partial charge in [-0.25, -0.2) is 0 Å². The molecule has 0 bridgehead atoms. The van der Waals surface area contributed by atoms with Crippen LogP contribution < -0.4 is 10.6 Å². The maximum Gasteiger partial charge on any atom is 0.0750 e. The molecule has 0 amide bonds. The lowest BCUT2D eigenvalue weighted by Gasteiger charge is -2.27. The summed E-state index contributed by atoms with van der Waals surface area (Å²) in [5, 5.41) is 2.60. The van der Waals surface area contributed by atoms with Crippen LogP contribution in [0.1, 0.15) is 12.0 Å². The molecule has 78 valence electrons. The van der Waals surface area contributed by atoms with Crippen LogP contribution in [-0.4, -0.2) is 31.1 Å². The fraction of sp³-hybridized carbons (Fsp3) is 0.462. The number of fused-ring (bicyclic) bond motifs is 2. The molecule has 1 fully saturated rings. The van der Waals surface area contributed by atoms with E-state index in [1.807, 2.05) is 0 Å². The fourth-order valence-corrected chi connectivity index (χ4v) is 2.59. The van der Waals surface area contributed by atoms with Gasteiger partial charge in [0.2, 0.25) is 0 Å². The van der Waals surface area contributed by atoms with Crippen molar-refractivity contribution in [1.29, 1.82) is 0 Å². The van der Waals surface area contributed by atoms with Gasteiger partial charge in [0.15, 0.2) is 0 Å². The quantitative estimate of drug-likeness (QED) is 0.595. The molecule has 1 aromatic rings. The van der Waals surface area contributed by atoms with E-state index in [1.165, 1.54) is 34.7 Å². The predicted octanol–water partition coefficient (Wildman–Crippen LogP) is 0.483. The summed E-state index contributed by atoms with van der Waals surface area (Å²) in [4.78, 5) is 7.17. The minimum absolute atomic E-state index is 0.470. The van der Waals surface area contributed by atoms with Crippen molar-refractivity contribution in [3.63, 3.8) is 0 Å². The number of nitrogens with zero attached hydrogens (tertiary/aromatic N) is 2. The highest BCUT2D eigenvalue weighted by atomic mass is 15.1. The molecule has 2 heterocycles. The van der Waals surface area contributed by atoms with Crippen molar-refractivity contribution >= 4 is 5.57 Å². The highest BCUT2D eigenvalue weighted by Crippen LogP contribution is 2.19. The Bertz CT molecular complexity index is 516. The van der Waals surface area contributed by atoms with Gasteiger partial charge in [-0.3, -0.25) is 4.99 Å². The van der Waals surface area contributed by atoms with Crippen molar-refractivity contribution in [1.82, 2.24) is 4.90 Å². The average Bonchev–Trinajstić information content (AvgIpc) is 2.56. The van der Waals surface area contributed by atoms with Crippen LogP contribution in [0.15, 0.2) is 23.2 Å². The maximum absolute atomic E-state index is 4.79. The van der Waals surface area contributed by atoms with Gasteiger partial charge in [0.25, 0.3) is 0 Å². The normalized spacial score (nSPS) is 24.7. The molecule has 1 saturated heterocycles. The summed E-state index contributed by atoms with van der Waals surface area (Å²) >= 11 is 0. The molecule has 2 aliphatic rings. The zero-order chi connectivity index (χ0) is 10.4. The lowest BCUT2D eigenvalue weighted by atomic mass is 9.99. The summed E-state index contributed by atoms with van der Waals surface area (Å²) in [6, 6.07) is 7.07. The standard InChI is InChI=1S/C13H16N2/c1-9-3-4-12-10(7-9)11-8-15(2)6-5-13(11)14-12/h3-4,7,13H,5-6,8H2,1-2H3. The van der Waals surface area contributed by atoms with Crippen LogP contribution in [0, 0.1) is 6.92 Å². The van der Waals surface area contributed by atoms with Crippen LogP contribution >= 0.6 is 0 Å². The highest BCUT2D eigenvalue weighted by Gasteiger charge is 2.24. The van der Waals surface area contributed by atoms with Gasteiger partial charge in [-0.1, -0.05) is 11.6 Å². The topological polar surface area (TPSA) is 15.6 Å². The molecule has 0 saturated carbocycles. The molecule has 2 heteroatoms. The van der Waals surface area contributed by atoms with Gasteiger partial charge >= 0.3 is 0 Å². The molecule has 1 aromatic carbocycles. The Morgan fingerprint density at radius 3 is 3.13 bits per heavy atom. The van der Waals surface area contributed by atoms with Crippen LogP contribution in [0.4, 0.5) is 0 Å². The number of likely N-dealkylation sites (tertiary alicyclic amines) is 1. The first-order valence-corrected chi connectivity index (χ1v) is 5.60. The molecule has 0 N–H and O–H groups in total. The third-order valence-corrected chi connectivity index (χ3v) is 3.42. The van der Waals surface area contributed by atoms with E-state index in [0.29, 0.717) is 6.04 Å². The van der Waals surface area contributed by atoms with Gasteiger partial charge in [-0.15, -0.1) is 0 Å². The minimum atomic E-state index is 0.470. The molecule has 0 spiro atoms. The summed E-state index contributed by atoms with van der Waals surface area (Å²) in [6.45, 7) is 4.41. The van der Waals surface area contributed by atoms with E-state index in [-0.39, 0.29) is 0 Å². The van der Waals surface area contributed by atoms with E-state index in [2.05, 4.69) is 37.1 Å². The number of hydrogen-bond acceptors (Lipinski definition) is 2.